The van der Waals surface area contributed by atoms with Crippen LogP contribution in [-0.2, 0) is 0 Å². The maximum absolute atomic E-state index is 14.2. The number of hydrogen-bond acceptors (Lipinski definition) is 4. The molecule has 4 nitrogen and oxygen atoms in total. The first-order valence-electron chi connectivity index (χ1n) is 8.55. The molecular formula is C17H14F12N2O2. The van der Waals surface area contributed by atoms with Crippen LogP contribution in [0, 0.1) is 5.41 Å². The molecule has 6 N–H and O–H groups in total. The van der Waals surface area contributed by atoms with Crippen LogP contribution in [0.15, 0.2) is 46.6 Å². The van der Waals surface area contributed by atoms with Crippen LogP contribution in [0.1, 0.15) is 12.8 Å². The van der Waals surface area contributed by atoms with Gasteiger partial charge in [0.05, 0.1) is 11.1 Å². The Kier molecular flexibility index (Phi) is 6.17. The summed E-state index contributed by atoms with van der Waals surface area (Å²) in [5.41, 5.74) is -12.7. The predicted molar refractivity (Wildman–Crippen MR) is 86.5 cm³/mol. The molecule has 0 amide bonds. The van der Waals surface area contributed by atoms with Gasteiger partial charge in [0.25, 0.3) is 0 Å². The first-order valence-corrected chi connectivity index (χ1v) is 8.55. The van der Waals surface area contributed by atoms with Gasteiger partial charge in [-0.15, -0.1) is 0 Å². The van der Waals surface area contributed by atoms with E-state index in [4.69, 9.17) is 11.5 Å². The van der Waals surface area contributed by atoms with Crippen LogP contribution in [0.25, 0.3) is 0 Å². The predicted octanol–water partition coefficient (Wildman–Crippen LogP) is 4.03. The second-order valence-electron chi connectivity index (χ2n) is 7.48. The first-order chi connectivity index (χ1) is 14.4. The molecular weight excluding hydrogens is 492 g/mol. The Morgan fingerprint density at radius 1 is 0.576 bits per heavy atom. The SMILES string of the molecule is NC1(O)C=C(C(F)(F)F)C(C(C2=CCC(N)(O)C=C2C(F)(F)F)(C(F)(F)F)C(F)(F)F)=CC1. The fourth-order valence-corrected chi connectivity index (χ4v) is 3.62. The molecule has 16 heteroatoms. The molecule has 0 aromatic heterocycles. The molecule has 2 rings (SSSR count). The summed E-state index contributed by atoms with van der Waals surface area (Å²) in [7, 11) is 0. The monoisotopic (exact) mass is 506 g/mol. The van der Waals surface area contributed by atoms with Gasteiger partial charge in [-0.25, -0.2) is 0 Å². The van der Waals surface area contributed by atoms with Gasteiger partial charge < -0.3 is 21.7 Å². The van der Waals surface area contributed by atoms with Crippen molar-refractivity contribution in [3.63, 3.8) is 0 Å². The summed E-state index contributed by atoms with van der Waals surface area (Å²) in [5.74, 6) is 0. The minimum Gasteiger partial charge on any atom is -0.372 e. The highest BCUT2D eigenvalue weighted by molar-refractivity contribution is 5.58. The van der Waals surface area contributed by atoms with E-state index >= 15 is 0 Å². The quantitative estimate of drug-likeness (QED) is 0.336. The van der Waals surface area contributed by atoms with E-state index in [0.29, 0.717) is 0 Å². The summed E-state index contributed by atoms with van der Waals surface area (Å²) in [5, 5.41) is 19.2. The molecule has 2 aliphatic rings. The lowest BCUT2D eigenvalue weighted by Crippen LogP contribution is -2.57. The van der Waals surface area contributed by atoms with Crippen molar-refractivity contribution in [1.82, 2.24) is 0 Å². The molecule has 0 radical (unpaired) electrons. The fourth-order valence-electron chi connectivity index (χ4n) is 3.62. The van der Waals surface area contributed by atoms with Crippen molar-refractivity contribution in [2.75, 3.05) is 0 Å². The van der Waals surface area contributed by atoms with Gasteiger partial charge in [-0.1, -0.05) is 12.2 Å². The molecule has 2 aliphatic carbocycles. The Balaban J connectivity index is 3.07. The van der Waals surface area contributed by atoms with Crippen molar-refractivity contribution in [1.29, 1.82) is 0 Å². The van der Waals surface area contributed by atoms with Crippen molar-refractivity contribution >= 4 is 0 Å². The number of alkyl halides is 12. The Labute approximate surface area is 176 Å². The summed E-state index contributed by atoms with van der Waals surface area (Å²) in [6.45, 7) is 0. The lowest BCUT2D eigenvalue weighted by Gasteiger charge is -2.45. The number of halogens is 12. The second-order valence-corrected chi connectivity index (χ2v) is 7.48. The van der Waals surface area contributed by atoms with E-state index in [1.54, 1.807) is 0 Å². The molecule has 2 unspecified atom stereocenters. The minimum absolute atomic E-state index is 0.359. The van der Waals surface area contributed by atoms with Crippen LogP contribution < -0.4 is 11.5 Å². The number of hydrogen-bond donors (Lipinski definition) is 4. The third-order valence-corrected chi connectivity index (χ3v) is 4.90. The molecule has 0 fully saturated rings. The van der Waals surface area contributed by atoms with Gasteiger partial charge in [-0.2, -0.15) is 52.7 Å². The summed E-state index contributed by atoms with van der Waals surface area (Å²) in [4.78, 5) is 0. The lowest BCUT2D eigenvalue weighted by molar-refractivity contribution is -0.311. The standard InChI is InChI=1S/C17H14F12N2O2/c18-14(19,20)9-5-11(30,32)3-1-7(9)13(16(24,25)26,17(27,28)29)8-2-4-12(31,33)6-10(8)15(21,22)23/h1-2,5-6,32-33H,3-4,30-31H2. The average molecular weight is 506 g/mol. The average Bonchev–Trinajstić information content (AvgIpc) is 2.52. The first kappa shape index (κ1) is 27.2. The molecule has 2 atom stereocenters. The molecule has 0 spiro atoms. The Morgan fingerprint density at radius 2 is 0.848 bits per heavy atom. The maximum atomic E-state index is 14.2. The van der Waals surface area contributed by atoms with Gasteiger partial charge in [0, 0.05) is 12.8 Å². The van der Waals surface area contributed by atoms with Crippen molar-refractivity contribution in [2.24, 2.45) is 16.9 Å². The molecule has 0 saturated carbocycles. The Morgan fingerprint density at radius 3 is 1.06 bits per heavy atom. The normalized spacial score (nSPS) is 28.1. The second kappa shape index (κ2) is 7.48. The van der Waals surface area contributed by atoms with Gasteiger partial charge >= 0.3 is 24.7 Å². The Bertz CT molecular complexity index is 852. The third kappa shape index (κ3) is 4.79. The van der Waals surface area contributed by atoms with Crippen molar-refractivity contribution in [2.45, 2.75) is 49.0 Å². The van der Waals surface area contributed by atoms with Crippen LogP contribution in [0.5, 0.6) is 0 Å². The van der Waals surface area contributed by atoms with E-state index < -0.39 is 88.9 Å². The van der Waals surface area contributed by atoms with Gasteiger partial charge in [-0.05, 0) is 23.3 Å². The fraction of sp³-hybridized carbons (Fsp3) is 0.529. The van der Waals surface area contributed by atoms with E-state index in [1.807, 2.05) is 0 Å². The zero-order chi connectivity index (χ0) is 26.1. The summed E-state index contributed by atoms with van der Waals surface area (Å²) < 4.78 is 166. The molecule has 0 aromatic rings. The molecule has 0 heterocycles. The van der Waals surface area contributed by atoms with Crippen LogP contribution in [-0.4, -0.2) is 46.4 Å². The van der Waals surface area contributed by atoms with Gasteiger partial charge in [0.1, 0.15) is 11.4 Å². The summed E-state index contributed by atoms with van der Waals surface area (Å²) in [6.07, 6.45) is -30.3. The topological polar surface area (TPSA) is 92.5 Å². The van der Waals surface area contributed by atoms with E-state index in [2.05, 4.69) is 0 Å². The molecule has 188 valence electrons. The van der Waals surface area contributed by atoms with Crippen molar-refractivity contribution < 1.29 is 62.9 Å². The van der Waals surface area contributed by atoms with Crippen LogP contribution >= 0.6 is 0 Å². The van der Waals surface area contributed by atoms with E-state index in [-0.39, 0.29) is 12.2 Å². The molecule has 33 heavy (non-hydrogen) atoms. The van der Waals surface area contributed by atoms with Crippen molar-refractivity contribution in [3.8, 4) is 0 Å². The summed E-state index contributed by atoms with van der Waals surface area (Å²) >= 11 is 0. The highest BCUT2D eigenvalue weighted by Crippen LogP contribution is 2.65. The molecule has 0 aromatic carbocycles. The van der Waals surface area contributed by atoms with Crippen LogP contribution in [0.4, 0.5) is 52.7 Å². The summed E-state index contributed by atoms with van der Waals surface area (Å²) in [6, 6.07) is 0. The highest BCUT2D eigenvalue weighted by Gasteiger charge is 2.77. The van der Waals surface area contributed by atoms with Gasteiger partial charge in [0.2, 0.25) is 5.41 Å². The molecule has 0 bridgehead atoms. The van der Waals surface area contributed by atoms with Gasteiger partial charge in [-0.3, -0.25) is 0 Å². The zero-order valence-electron chi connectivity index (χ0n) is 15.8. The Hall–Kier alpha value is -2.04. The zero-order valence-corrected chi connectivity index (χ0v) is 15.8. The number of nitrogens with two attached hydrogens (primary N) is 2. The highest BCUT2D eigenvalue weighted by atomic mass is 19.4. The molecule has 0 saturated heterocycles. The van der Waals surface area contributed by atoms with Crippen LogP contribution in [0.3, 0.4) is 0 Å². The largest absolute Gasteiger partial charge is 0.416 e. The number of rotatable bonds is 2. The van der Waals surface area contributed by atoms with Crippen molar-refractivity contribution in [3.05, 3.63) is 46.6 Å². The van der Waals surface area contributed by atoms with E-state index in [1.165, 1.54) is 0 Å². The van der Waals surface area contributed by atoms with E-state index in [0.717, 1.165) is 0 Å². The smallest absolute Gasteiger partial charge is 0.372 e. The van der Waals surface area contributed by atoms with E-state index in [9.17, 15) is 62.9 Å². The lowest BCUT2D eigenvalue weighted by atomic mass is 9.63. The maximum Gasteiger partial charge on any atom is 0.416 e. The number of allylic oxidation sites excluding steroid dienone is 4. The minimum atomic E-state index is -6.83. The third-order valence-electron chi connectivity index (χ3n) is 4.90. The number of aliphatic hydroxyl groups is 2. The van der Waals surface area contributed by atoms with Crippen LogP contribution in [0.2, 0.25) is 0 Å². The van der Waals surface area contributed by atoms with Gasteiger partial charge in [0.15, 0.2) is 0 Å². The molecule has 0 aliphatic heterocycles.